The van der Waals surface area contributed by atoms with Crippen LogP contribution < -0.4 is 0 Å². The zero-order valence-electron chi connectivity index (χ0n) is 8.66. The Bertz CT molecular complexity index is 353. The number of rotatable bonds is 5. The first-order valence-electron chi connectivity index (χ1n) is 4.68. The highest BCUT2D eigenvalue weighted by atomic mass is 32.1. The summed E-state index contributed by atoms with van der Waals surface area (Å²) in [6.45, 7) is 1.48. The number of aliphatic hydroxyl groups is 3. The number of carbonyl (C=O) groups excluding carboxylic acids is 1. The lowest BCUT2D eigenvalue weighted by molar-refractivity contribution is -0.159. The molecule has 1 aromatic heterocycles. The lowest BCUT2D eigenvalue weighted by Gasteiger charge is -2.13. The molecule has 0 saturated carbocycles. The van der Waals surface area contributed by atoms with Gasteiger partial charge in [-0.2, -0.15) is 0 Å². The molecule has 0 aliphatic heterocycles. The zero-order valence-corrected chi connectivity index (χ0v) is 9.48. The summed E-state index contributed by atoms with van der Waals surface area (Å²) in [6.07, 6.45) is -3.08. The second-order valence-electron chi connectivity index (χ2n) is 2.98. The first kappa shape index (κ1) is 13.0. The third-order valence-electron chi connectivity index (χ3n) is 1.81. The van der Waals surface area contributed by atoms with E-state index in [0.717, 1.165) is 11.3 Å². The van der Waals surface area contributed by atoms with E-state index in [1.54, 1.807) is 6.92 Å². The molecule has 0 spiro atoms. The highest BCUT2D eigenvalue weighted by Gasteiger charge is 2.29. The summed E-state index contributed by atoms with van der Waals surface area (Å²) in [6, 6.07) is 0. The van der Waals surface area contributed by atoms with Gasteiger partial charge in [-0.25, -0.2) is 9.78 Å². The van der Waals surface area contributed by atoms with Crippen LogP contribution >= 0.6 is 11.3 Å². The van der Waals surface area contributed by atoms with Crippen molar-refractivity contribution in [2.75, 3.05) is 6.61 Å². The van der Waals surface area contributed by atoms with Gasteiger partial charge in [0.2, 0.25) is 0 Å². The molecule has 0 radical (unpaired) electrons. The molecule has 2 atom stereocenters. The van der Waals surface area contributed by atoms with Crippen LogP contribution in [-0.2, 0) is 16.1 Å². The van der Waals surface area contributed by atoms with E-state index in [2.05, 4.69) is 9.72 Å². The van der Waals surface area contributed by atoms with Gasteiger partial charge in [-0.05, 0) is 6.92 Å². The molecule has 0 aliphatic carbocycles. The van der Waals surface area contributed by atoms with Crippen LogP contribution in [-0.4, -0.2) is 39.0 Å². The second-order valence-corrected chi connectivity index (χ2v) is 3.87. The molecule has 6 nitrogen and oxygen atoms in total. The fourth-order valence-electron chi connectivity index (χ4n) is 1.02. The van der Waals surface area contributed by atoms with E-state index in [1.807, 2.05) is 0 Å². The standard InChI is InChI=1S/C9H13NO5S/c1-2-15-9(14)7(13)6(12)8-10-5(3-11)4-16-8/h4,6-7,11-13H,2-3H2,1H3. The Morgan fingerprint density at radius 3 is 2.81 bits per heavy atom. The van der Waals surface area contributed by atoms with Crippen molar-refractivity contribution >= 4 is 17.3 Å². The van der Waals surface area contributed by atoms with Crippen LogP contribution in [0.1, 0.15) is 23.7 Å². The number of thiazole rings is 1. The Balaban J connectivity index is 2.69. The van der Waals surface area contributed by atoms with E-state index in [-0.39, 0.29) is 18.2 Å². The summed E-state index contributed by atoms with van der Waals surface area (Å²) in [5.41, 5.74) is 0.384. The van der Waals surface area contributed by atoms with Gasteiger partial charge >= 0.3 is 5.97 Å². The van der Waals surface area contributed by atoms with Crippen molar-refractivity contribution in [2.45, 2.75) is 25.7 Å². The van der Waals surface area contributed by atoms with Gasteiger partial charge in [-0.1, -0.05) is 0 Å². The van der Waals surface area contributed by atoms with Crippen LogP contribution in [0, 0.1) is 0 Å². The van der Waals surface area contributed by atoms with E-state index in [0.29, 0.717) is 5.69 Å². The second kappa shape index (κ2) is 5.90. The Labute approximate surface area is 96.1 Å². The maximum atomic E-state index is 11.1. The number of hydrogen-bond donors (Lipinski definition) is 3. The Kier molecular flexibility index (Phi) is 4.81. The minimum atomic E-state index is -1.65. The number of ether oxygens (including phenoxy) is 1. The molecule has 0 fully saturated rings. The summed E-state index contributed by atoms with van der Waals surface area (Å²) in [7, 11) is 0. The number of nitrogens with zero attached hydrogens (tertiary/aromatic N) is 1. The van der Waals surface area contributed by atoms with Crippen LogP contribution in [0.3, 0.4) is 0 Å². The normalized spacial score (nSPS) is 14.5. The van der Waals surface area contributed by atoms with Gasteiger partial charge in [0.15, 0.2) is 6.10 Å². The SMILES string of the molecule is CCOC(=O)C(O)C(O)c1nc(CO)cs1. The monoisotopic (exact) mass is 247 g/mol. The summed E-state index contributed by atoms with van der Waals surface area (Å²) in [4.78, 5) is 15.0. The molecule has 0 amide bonds. The van der Waals surface area contributed by atoms with Crippen LogP contribution in [0.15, 0.2) is 5.38 Å². The minimum absolute atomic E-state index is 0.127. The van der Waals surface area contributed by atoms with Crippen molar-refractivity contribution in [3.05, 3.63) is 16.1 Å². The molecule has 7 heteroatoms. The van der Waals surface area contributed by atoms with Gasteiger partial charge in [-0.3, -0.25) is 0 Å². The van der Waals surface area contributed by atoms with Crippen molar-refractivity contribution in [3.8, 4) is 0 Å². The number of aliphatic hydroxyl groups excluding tert-OH is 3. The maximum absolute atomic E-state index is 11.1. The number of hydrogen-bond acceptors (Lipinski definition) is 7. The Morgan fingerprint density at radius 1 is 1.62 bits per heavy atom. The average molecular weight is 247 g/mol. The predicted molar refractivity (Wildman–Crippen MR) is 55.6 cm³/mol. The van der Waals surface area contributed by atoms with E-state index in [4.69, 9.17) is 5.11 Å². The lowest BCUT2D eigenvalue weighted by Crippen LogP contribution is -2.29. The predicted octanol–water partition coefficient (Wildman–Crippen LogP) is -0.407. The topological polar surface area (TPSA) is 99.9 Å². The van der Waals surface area contributed by atoms with Gasteiger partial charge < -0.3 is 20.1 Å². The smallest absolute Gasteiger partial charge is 0.338 e. The lowest BCUT2D eigenvalue weighted by atomic mass is 10.2. The summed E-state index contributed by atoms with van der Waals surface area (Å²) in [5, 5.41) is 29.5. The molecular formula is C9H13NO5S. The molecule has 0 bridgehead atoms. The van der Waals surface area contributed by atoms with Crippen molar-refractivity contribution < 1.29 is 24.9 Å². The first-order chi connectivity index (χ1) is 7.60. The van der Waals surface area contributed by atoms with Crippen molar-refractivity contribution in [3.63, 3.8) is 0 Å². The third kappa shape index (κ3) is 2.99. The van der Waals surface area contributed by atoms with Gasteiger partial charge in [-0.15, -0.1) is 11.3 Å². The molecular weight excluding hydrogens is 234 g/mol. The summed E-state index contributed by atoms with van der Waals surface area (Å²) >= 11 is 1.06. The molecule has 1 aromatic rings. The van der Waals surface area contributed by atoms with Crippen molar-refractivity contribution in [1.82, 2.24) is 4.98 Å². The van der Waals surface area contributed by atoms with Crippen LogP contribution in [0.25, 0.3) is 0 Å². The molecule has 0 saturated heterocycles. The molecule has 3 N–H and O–H groups in total. The number of aromatic nitrogens is 1. The van der Waals surface area contributed by atoms with Crippen LogP contribution in [0.2, 0.25) is 0 Å². The van der Waals surface area contributed by atoms with Gasteiger partial charge in [0, 0.05) is 5.38 Å². The van der Waals surface area contributed by atoms with Crippen LogP contribution in [0.5, 0.6) is 0 Å². The highest BCUT2D eigenvalue weighted by molar-refractivity contribution is 7.09. The molecule has 0 aliphatic rings. The summed E-state index contributed by atoms with van der Waals surface area (Å²) in [5.74, 6) is -0.893. The van der Waals surface area contributed by atoms with E-state index >= 15 is 0 Å². The minimum Gasteiger partial charge on any atom is -0.464 e. The molecule has 0 aromatic carbocycles. The molecule has 90 valence electrons. The molecule has 2 unspecified atom stereocenters. The largest absolute Gasteiger partial charge is 0.464 e. The first-order valence-corrected chi connectivity index (χ1v) is 5.56. The zero-order chi connectivity index (χ0) is 12.1. The fourth-order valence-corrected chi connectivity index (χ4v) is 1.85. The van der Waals surface area contributed by atoms with Crippen molar-refractivity contribution in [1.29, 1.82) is 0 Å². The Hall–Kier alpha value is -1.02. The van der Waals surface area contributed by atoms with Crippen LogP contribution in [0.4, 0.5) is 0 Å². The van der Waals surface area contributed by atoms with Gasteiger partial charge in [0.25, 0.3) is 0 Å². The average Bonchev–Trinajstić information content (AvgIpc) is 2.75. The number of esters is 1. The molecule has 1 rings (SSSR count). The molecule has 16 heavy (non-hydrogen) atoms. The quantitative estimate of drug-likeness (QED) is 0.612. The van der Waals surface area contributed by atoms with E-state index in [9.17, 15) is 15.0 Å². The number of carbonyl (C=O) groups is 1. The van der Waals surface area contributed by atoms with Gasteiger partial charge in [0.1, 0.15) is 11.1 Å². The Morgan fingerprint density at radius 2 is 2.31 bits per heavy atom. The summed E-state index contributed by atoms with van der Waals surface area (Å²) < 4.78 is 4.56. The van der Waals surface area contributed by atoms with E-state index < -0.39 is 18.2 Å². The third-order valence-corrected chi connectivity index (χ3v) is 2.78. The van der Waals surface area contributed by atoms with Crippen molar-refractivity contribution in [2.24, 2.45) is 0 Å². The van der Waals surface area contributed by atoms with Gasteiger partial charge in [0.05, 0.1) is 18.9 Å². The molecule has 1 heterocycles. The van der Waals surface area contributed by atoms with E-state index in [1.165, 1.54) is 5.38 Å². The highest BCUT2D eigenvalue weighted by Crippen LogP contribution is 2.21. The maximum Gasteiger partial charge on any atom is 0.338 e. The fraction of sp³-hybridized carbons (Fsp3) is 0.556.